The highest BCUT2D eigenvalue weighted by molar-refractivity contribution is 5.98. The van der Waals surface area contributed by atoms with Gasteiger partial charge in [0.05, 0.1) is 12.2 Å². The van der Waals surface area contributed by atoms with Crippen molar-refractivity contribution >= 4 is 11.8 Å². The molecule has 5 heteroatoms. The van der Waals surface area contributed by atoms with Gasteiger partial charge in [-0.25, -0.2) is 0 Å². The largest absolute Gasteiger partial charge is 0.481 e. The minimum absolute atomic E-state index is 0.0340. The quantitative estimate of drug-likeness (QED) is 0.359. The maximum atomic E-state index is 12.1. The molecule has 130 valence electrons. The maximum absolute atomic E-state index is 12.1. The minimum Gasteiger partial charge on any atom is -0.481 e. The lowest BCUT2D eigenvalue weighted by Crippen LogP contribution is -2.38. The van der Waals surface area contributed by atoms with Gasteiger partial charge in [-0.3, -0.25) is 9.59 Å². The summed E-state index contributed by atoms with van der Waals surface area (Å²) in [6.45, 7) is 5.85. The number of aliphatic carboxylic acids is 1. The molecule has 0 amide bonds. The fourth-order valence-corrected chi connectivity index (χ4v) is 2.46. The van der Waals surface area contributed by atoms with E-state index < -0.39 is 29.9 Å². The molecule has 4 atom stereocenters. The molecule has 0 radical (unpaired) electrons. The molecular formula is C17H32O5. The van der Waals surface area contributed by atoms with E-state index >= 15 is 0 Å². The van der Waals surface area contributed by atoms with Crippen LogP contribution in [-0.4, -0.2) is 39.3 Å². The van der Waals surface area contributed by atoms with Crippen LogP contribution in [0.15, 0.2) is 0 Å². The van der Waals surface area contributed by atoms with Crippen molar-refractivity contribution in [3.05, 3.63) is 0 Å². The fraction of sp³-hybridized carbons (Fsp3) is 0.882. The number of carbonyl (C=O) groups is 2. The predicted octanol–water partition coefficient (Wildman–Crippen LogP) is 2.77. The van der Waals surface area contributed by atoms with Gasteiger partial charge < -0.3 is 15.3 Å². The van der Waals surface area contributed by atoms with E-state index in [-0.39, 0.29) is 18.8 Å². The fourth-order valence-electron chi connectivity index (χ4n) is 2.46. The van der Waals surface area contributed by atoms with Crippen LogP contribution in [0, 0.1) is 11.8 Å². The molecule has 4 unspecified atom stereocenters. The molecule has 5 nitrogen and oxygen atoms in total. The molecule has 0 spiro atoms. The standard InChI is InChI=1S/C17H32O5/c1-4-6-7-8-9-10-13(18)16(17(21)22)15(20)11-14(19)12(3)5-2/h12,14-16,19-20H,4-11H2,1-3H3,(H,21,22). The van der Waals surface area contributed by atoms with Crippen LogP contribution in [0.3, 0.4) is 0 Å². The summed E-state index contributed by atoms with van der Waals surface area (Å²) in [5.41, 5.74) is 0. The zero-order valence-corrected chi connectivity index (χ0v) is 14.1. The summed E-state index contributed by atoms with van der Waals surface area (Å²) >= 11 is 0. The molecule has 3 N–H and O–H groups in total. The molecule has 0 saturated heterocycles. The molecular weight excluding hydrogens is 284 g/mol. The first-order valence-electron chi connectivity index (χ1n) is 8.46. The van der Waals surface area contributed by atoms with E-state index in [4.69, 9.17) is 0 Å². The Morgan fingerprint density at radius 2 is 1.55 bits per heavy atom. The monoisotopic (exact) mass is 316 g/mol. The van der Waals surface area contributed by atoms with E-state index in [9.17, 15) is 24.9 Å². The van der Waals surface area contributed by atoms with Crippen LogP contribution < -0.4 is 0 Å². The summed E-state index contributed by atoms with van der Waals surface area (Å²) in [5.74, 6) is -3.20. The molecule has 0 heterocycles. The molecule has 0 aromatic rings. The Hall–Kier alpha value is -0.940. The van der Waals surface area contributed by atoms with Gasteiger partial charge in [0.1, 0.15) is 11.7 Å². The van der Waals surface area contributed by atoms with E-state index in [1.165, 1.54) is 0 Å². The summed E-state index contributed by atoms with van der Waals surface area (Å²) in [5, 5.41) is 29.2. The third kappa shape index (κ3) is 7.90. The first-order valence-corrected chi connectivity index (χ1v) is 8.46. The Labute approximate surface area is 133 Å². The van der Waals surface area contributed by atoms with Crippen LogP contribution in [0.25, 0.3) is 0 Å². The van der Waals surface area contributed by atoms with Crippen molar-refractivity contribution in [3.8, 4) is 0 Å². The summed E-state index contributed by atoms with van der Waals surface area (Å²) < 4.78 is 0. The average Bonchev–Trinajstić information content (AvgIpc) is 2.45. The number of aliphatic hydroxyl groups excluding tert-OH is 2. The Kier molecular flexibility index (Phi) is 11.1. The predicted molar refractivity (Wildman–Crippen MR) is 85.6 cm³/mol. The topological polar surface area (TPSA) is 94.8 Å². The van der Waals surface area contributed by atoms with Gasteiger partial charge in [0.25, 0.3) is 0 Å². The number of hydrogen-bond donors (Lipinski definition) is 3. The first-order chi connectivity index (χ1) is 10.3. The molecule has 22 heavy (non-hydrogen) atoms. The summed E-state index contributed by atoms with van der Waals surface area (Å²) in [7, 11) is 0. The zero-order chi connectivity index (χ0) is 17.1. The van der Waals surface area contributed by atoms with E-state index in [0.717, 1.165) is 32.1 Å². The van der Waals surface area contributed by atoms with E-state index in [1.54, 1.807) is 0 Å². The Bertz CT molecular complexity index is 329. The van der Waals surface area contributed by atoms with Crippen LogP contribution >= 0.6 is 0 Å². The van der Waals surface area contributed by atoms with Gasteiger partial charge in [-0.2, -0.15) is 0 Å². The second-order valence-corrected chi connectivity index (χ2v) is 6.20. The number of carboxylic acid groups (broad SMARTS) is 1. The minimum atomic E-state index is -1.43. The molecule has 0 rings (SSSR count). The normalized spacial score (nSPS) is 16.8. The zero-order valence-electron chi connectivity index (χ0n) is 14.1. The second-order valence-electron chi connectivity index (χ2n) is 6.20. The van der Waals surface area contributed by atoms with Crippen molar-refractivity contribution in [2.45, 2.75) is 84.3 Å². The van der Waals surface area contributed by atoms with Crippen molar-refractivity contribution in [1.82, 2.24) is 0 Å². The van der Waals surface area contributed by atoms with Gasteiger partial charge in [0.15, 0.2) is 0 Å². The third-order valence-corrected chi connectivity index (χ3v) is 4.31. The molecule has 0 aliphatic rings. The van der Waals surface area contributed by atoms with Crippen molar-refractivity contribution < 1.29 is 24.9 Å². The molecule has 0 saturated carbocycles. The summed E-state index contributed by atoms with van der Waals surface area (Å²) in [6, 6.07) is 0. The van der Waals surface area contributed by atoms with Gasteiger partial charge in [-0.1, -0.05) is 52.9 Å². The number of carboxylic acids is 1. The number of ketones is 1. The van der Waals surface area contributed by atoms with E-state index in [0.29, 0.717) is 6.42 Å². The Morgan fingerprint density at radius 1 is 0.955 bits per heavy atom. The first kappa shape index (κ1) is 21.1. The number of hydrogen-bond acceptors (Lipinski definition) is 4. The average molecular weight is 316 g/mol. The highest BCUT2D eigenvalue weighted by atomic mass is 16.4. The van der Waals surface area contributed by atoms with Crippen LogP contribution in [0.1, 0.15) is 72.1 Å². The molecule has 0 fully saturated rings. The number of unbranched alkanes of at least 4 members (excludes halogenated alkanes) is 4. The number of rotatable bonds is 13. The molecule has 0 aliphatic heterocycles. The lowest BCUT2D eigenvalue weighted by atomic mass is 9.87. The smallest absolute Gasteiger partial charge is 0.316 e. The second kappa shape index (κ2) is 11.6. The number of aliphatic hydroxyl groups is 2. The lowest BCUT2D eigenvalue weighted by Gasteiger charge is -2.23. The van der Waals surface area contributed by atoms with Gasteiger partial charge in [-0.15, -0.1) is 0 Å². The molecule has 0 aliphatic carbocycles. The molecule has 0 bridgehead atoms. The molecule has 0 aromatic carbocycles. The van der Waals surface area contributed by atoms with Gasteiger partial charge in [0, 0.05) is 12.8 Å². The maximum Gasteiger partial charge on any atom is 0.316 e. The lowest BCUT2D eigenvalue weighted by molar-refractivity contribution is -0.152. The van der Waals surface area contributed by atoms with Crippen LogP contribution in [-0.2, 0) is 9.59 Å². The van der Waals surface area contributed by atoms with Crippen LogP contribution in [0.2, 0.25) is 0 Å². The highest BCUT2D eigenvalue weighted by Gasteiger charge is 2.34. The van der Waals surface area contributed by atoms with Crippen molar-refractivity contribution in [1.29, 1.82) is 0 Å². The summed E-state index contributed by atoms with van der Waals surface area (Å²) in [4.78, 5) is 23.3. The van der Waals surface area contributed by atoms with Crippen molar-refractivity contribution in [2.24, 2.45) is 11.8 Å². The van der Waals surface area contributed by atoms with Gasteiger partial charge in [-0.05, 0) is 12.3 Å². The van der Waals surface area contributed by atoms with E-state index in [1.807, 2.05) is 13.8 Å². The van der Waals surface area contributed by atoms with Crippen molar-refractivity contribution in [2.75, 3.05) is 0 Å². The SMILES string of the molecule is CCCCCCCC(=O)C(C(=O)O)C(O)CC(O)C(C)CC. The Balaban J connectivity index is 4.44. The molecule has 0 aromatic heterocycles. The Morgan fingerprint density at radius 3 is 2.05 bits per heavy atom. The third-order valence-electron chi connectivity index (χ3n) is 4.31. The van der Waals surface area contributed by atoms with Crippen molar-refractivity contribution in [3.63, 3.8) is 0 Å². The van der Waals surface area contributed by atoms with E-state index in [2.05, 4.69) is 6.92 Å². The van der Waals surface area contributed by atoms with Gasteiger partial charge in [0.2, 0.25) is 0 Å². The highest BCUT2D eigenvalue weighted by Crippen LogP contribution is 2.20. The number of carbonyl (C=O) groups excluding carboxylic acids is 1. The number of Topliss-reactive ketones (excluding diaryl/α,β-unsaturated/α-hetero) is 1. The summed E-state index contributed by atoms with van der Waals surface area (Å²) in [6.07, 6.45) is 3.53. The van der Waals surface area contributed by atoms with Crippen LogP contribution in [0.4, 0.5) is 0 Å². The van der Waals surface area contributed by atoms with Gasteiger partial charge >= 0.3 is 5.97 Å². The van der Waals surface area contributed by atoms with Crippen LogP contribution in [0.5, 0.6) is 0 Å².